The standard InChI is InChI=1S/C21H24ClFN4O5S.ClH/c1-13(11-30-2)33(28,29)26-6-7-32-20-10-18-15(9-19(20)31-3)21(25-12-24-18)27-17-5-4-14(22)8-16(17)23;/h4-5,8-10,12-13,26H,6-7,11H2,1-3H3,(H,24,25,27);1H. The highest BCUT2D eigenvalue weighted by Gasteiger charge is 2.20. The van der Waals surface area contributed by atoms with Crippen molar-refractivity contribution in [2.75, 3.05) is 39.3 Å². The number of sulfonamides is 1. The molecular weight excluding hydrogens is 510 g/mol. The molecule has 0 aliphatic carbocycles. The van der Waals surface area contributed by atoms with Crippen LogP contribution in [0.15, 0.2) is 36.7 Å². The van der Waals surface area contributed by atoms with Crippen molar-refractivity contribution in [1.29, 1.82) is 0 Å². The second-order valence-corrected chi connectivity index (χ2v) is 9.67. The van der Waals surface area contributed by atoms with E-state index in [1.807, 2.05) is 0 Å². The Kier molecular flexibility index (Phi) is 10.1. The predicted molar refractivity (Wildman–Crippen MR) is 132 cm³/mol. The first-order valence-electron chi connectivity index (χ1n) is 9.90. The molecular formula is C21H25Cl2FN4O5S. The number of benzene rings is 2. The summed E-state index contributed by atoms with van der Waals surface area (Å²) in [5, 5.41) is 3.10. The van der Waals surface area contributed by atoms with Crippen LogP contribution in [-0.4, -0.2) is 57.6 Å². The fourth-order valence-corrected chi connectivity index (χ4v) is 4.09. The molecule has 0 spiro atoms. The van der Waals surface area contributed by atoms with Crippen molar-refractivity contribution in [2.45, 2.75) is 12.2 Å². The van der Waals surface area contributed by atoms with Gasteiger partial charge in [-0.3, -0.25) is 0 Å². The van der Waals surface area contributed by atoms with Gasteiger partial charge in [-0.25, -0.2) is 27.5 Å². The van der Waals surface area contributed by atoms with Crippen LogP contribution in [0.2, 0.25) is 5.02 Å². The van der Waals surface area contributed by atoms with Gasteiger partial charge in [0.05, 0.1) is 30.2 Å². The molecule has 1 heterocycles. The number of nitrogens with zero attached hydrogens (tertiary/aromatic N) is 2. The lowest BCUT2D eigenvalue weighted by Gasteiger charge is -2.15. The molecule has 0 aliphatic heterocycles. The fourth-order valence-electron chi connectivity index (χ4n) is 2.97. The van der Waals surface area contributed by atoms with Crippen molar-refractivity contribution in [3.63, 3.8) is 0 Å². The highest BCUT2D eigenvalue weighted by atomic mass is 35.5. The number of hydrogen-bond acceptors (Lipinski definition) is 8. The molecule has 34 heavy (non-hydrogen) atoms. The molecule has 2 N–H and O–H groups in total. The third-order valence-corrected chi connectivity index (χ3v) is 6.74. The smallest absolute Gasteiger partial charge is 0.216 e. The Hall–Kier alpha value is -2.44. The fraction of sp³-hybridized carbons (Fsp3) is 0.333. The minimum atomic E-state index is -3.52. The average molecular weight is 535 g/mol. The lowest BCUT2D eigenvalue weighted by atomic mass is 10.2. The van der Waals surface area contributed by atoms with Gasteiger partial charge in [-0.05, 0) is 31.2 Å². The summed E-state index contributed by atoms with van der Waals surface area (Å²) in [6, 6.07) is 7.57. The number of anilines is 2. The van der Waals surface area contributed by atoms with Gasteiger partial charge in [0, 0.05) is 30.1 Å². The summed E-state index contributed by atoms with van der Waals surface area (Å²) in [5.74, 6) is 0.596. The van der Waals surface area contributed by atoms with Gasteiger partial charge in [-0.15, -0.1) is 12.4 Å². The Morgan fingerprint density at radius 2 is 1.91 bits per heavy atom. The van der Waals surface area contributed by atoms with Crippen LogP contribution in [0.25, 0.3) is 10.9 Å². The minimum absolute atomic E-state index is 0. The number of nitrogens with one attached hydrogen (secondary N) is 2. The second kappa shape index (κ2) is 12.3. The SMILES string of the molecule is COCC(C)S(=O)(=O)NCCOc1cc2ncnc(Nc3ccc(Cl)cc3F)c2cc1OC.Cl. The van der Waals surface area contributed by atoms with Gasteiger partial charge in [0.2, 0.25) is 10.0 Å². The van der Waals surface area contributed by atoms with E-state index >= 15 is 0 Å². The largest absolute Gasteiger partial charge is 0.493 e. The van der Waals surface area contributed by atoms with Gasteiger partial charge < -0.3 is 19.5 Å². The maximum Gasteiger partial charge on any atom is 0.216 e. The Bertz CT molecular complexity index is 1230. The van der Waals surface area contributed by atoms with Crippen LogP contribution >= 0.6 is 24.0 Å². The van der Waals surface area contributed by atoms with Crippen molar-refractivity contribution in [2.24, 2.45) is 0 Å². The quantitative estimate of drug-likeness (QED) is 0.356. The molecule has 3 rings (SSSR count). The number of hydrogen-bond donors (Lipinski definition) is 2. The number of methoxy groups -OCH3 is 2. The van der Waals surface area contributed by atoms with Crippen LogP contribution in [0.4, 0.5) is 15.9 Å². The minimum Gasteiger partial charge on any atom is -0.493 e. The molecule has 9 nitrogen and oxygen atoms in total. The zero-order valence-electron chi connectivity index (χ0n) is 18.7. The van der Waals surface area contributed by atoms with Crippen LogP contribution < -0.4 is 19.5 Å². The molecule has 1 aromatic heterocycles. The van der Waals surface area contributed by atoms with Crippen LogP contribution in [0.1, 0.15) is 6.92 Å². The van der Waals surface area contributed by atoms with E-state index in [1.165, 1.54) is 32.7 Å². The molecule has 186 valence electrons. The number of halogens is 3. The van der Waals surface area contributed by atoms with Crippen molar-refractivity contribution in [3.05, 3.63) is 47.5 Å². The lowest BCUT2D eigenvalue weighted by Crippen LogP contribution is -2.37. The van der Waals surface area contributed by atoms with Crippen molar-refractivity contribution in [1.82, 2.24) is 14.7 Å². The van der Waals surface area contributed by atoms with Gasteiger partial charge in [0.25, 0.3) is 0 Å². The van der Waals surface area contributed by atoms with Crippen molar-refractivity contribution in [3.8, 4) is 11.5 Å². The Morgan fingerprint density at radius 1 is 1.15 bits per heavy atom. The molecule has 0 amide bonds. The van der Waals surface area contributed by atoms with Gasteiger partial charge >= 0.3 is 0 Å². The number of fused-ring (bicyclic) bond motifs is 1. The Balaban J connectivity index is 0.00000408. The Morgan fingerprint density at radius 3 is 2.59 bits per heavy atom. The van der Waals surface area contributed by atoms with Gasteiger partial charge in [0.1, 0.15) is 24.6 Å². The zero-order chi connectivity index (χ0) is 24.0. The molecule has 1 atom stereocenters. The number of aromatic nitrogens is 2. The van der Waals surface area contributed by atoms with Gasteiger partial charge in [-0.1, -0.05) is 11.6 Å². The highest BCUT2D eigenvalue weighted by Crippen LogP contribution is 2.35. The maximum atomic E-state index is 14.2. The van der Waals surface area contributed by atoms with Crippen LogP contribution in [0.5, 0.6) is 11.5 Å². The topological polar surface area (TPSA) is 112 Å². The molecule has 0 radical (unpaired) electrons. The predicted octanol–water partition coefficient (Wildman–Crippen LogP) is 3.93. The highest BCUT2D eigenvalue weighted by molar-refractivity contribution is 7.90. The molecule has 0 bridgehead atoms. The van der Waals surface area contributed by atoms with E-state index in [0.29, 0.717) is 28.2 Å². The molecule has 0 fully saturated rings. The molecule has 0 aliphatic rings. The van der Waals surface area contributed by atoms with E-state index < -0.39 is 21.1 Å². The van der Waals surface area contributed by atoms with E-state index in [9.17, 15) is 12.8 Å². The Labute approximate surface area is 208 Å². The molecule has 13 heteroatoms. The summed E-state index contributed by atoms with van der Waals surface area (Å²) in [4.78, 5) is 8.44. The van der Waals surface area contributed by atoms with E-state index in [2.05, 4.69) is 20.0 Å². The zero-order valence-corrected chi connectivity index (χ0v) is 21.1. The summed E-state index contributed by atoms with van der Waals surface area (Å²) in [6.45, 7) is 1.77. The molecule has 3 aromatic rings. The number of ether oxygens (including phenoxy) is 3. The van der Waals surface area contributed by atoms with Crippen molar-refractivity contribution >= 4 is 56.4 Å². The monoisotopic (exact) mass is 534 g/mol. The summed E-state index contributed by atoms with van der Waals surface area (Å²) in [5.41, 5.74) is 0.723. The van der Waals surface area contributed by atoms with Crippen LogP contribution in [-0.2, 0) is 14.8 Å². The van der Waals surface area contributed by atoms with E-state index in [0.717, 1.165) is 0 Å². The summed E-state index contributed by atoms with van der Waals surface area (Å²) in [7, 11) is -0.610. The molecule has 2 aromatic carbocycles. The maximum absolute atomic E-state index is 14.2. The van der Waals surface area contributed by atoms with Crippen LogP contribution in [0.3, 0.4) is 0 Å². The molecule has 0 saturated carbocycles. The van der Waals surface area contributed by atoms with Crippen molar-refractivity contribution < 1.29 is 27.0 Å². The second-order valence-electron chi connectivity index (χ2n) is 7.05. The first-order valence-corrected chi connectivity index (χ1v) is 11.8. The van der Waals surface area contributed by atoms with E-state index in [-0.39, 0.29) is 42.9 Å². The van der Waals surface area contributed by atoms with Gasteiger partial charge in [0.15, 0.2) is 11.5 Å². The average Bonchev–Trinajstić information content (AvgIpc) is 2.78. The lowest BCUT2D eigenvalue weighted by molar-refractivity contribution is 0.200. The van der Waals surface area contributed by atoms with E-state index in [1.54, 1.807) is 25.1 Å². The first-order chi connectivity index (χ1) is 15.7. The first kappa shape index (κ1) is 27.8. The summed E-state index contributed by atoms with van der Waals surface area (Å²) < 4.78 is 57.0. The van der Waals surface area contributed by atoms with E-state index in [4.69, 9.17) is 25.8 Å². The third kappa shape index (κ3) is 6.80. The number of rotatable bonds is 11. The van der Waals surface area contributed by atoms with Gasteiger partial charge in [-0.2, -0.15) is 0 Å². The third-order valence-electron chi connectivity index (χ3n) is 4.70. The summed E-state index contributed by atoms with van der Waals surface area (Å²) in [6.07, 6.45) is 1.33. The normalized spacial score (nSPS) is 12.1. The van der Waals surface area contributed by atoms with Crippen LogP contribution in [0, 0.1) is 5.82 Å². The molecule has 1 unspecified atom stereocenters. The summed E-state index contributed by atoms with van der Waals surface area (Å²) >= 11 is 5.81. The molecule has 0 saturated heterocycles.